The number of hydrogen-bond acceptors (Lipinski definition) is 3. The average molecular weight is 212 g/mol. The van der Waals surface area contributed by atoms with Gasteiger partial charge in [-0.25, -0.2) is 0 Å². The van der Waals surface area contributed by atoms with E-state index in [1.54, 1.807) is 13.2 Å². The lowest BCUT2D eigenvalue weighted by Gasteiger charge is -2.35. The molecule has 0 aromatic carbocycles. The van der Waals surface area contributed by atoms with E-state index in [2.05, 4.69) is 17.2 Å². The van der Waals surface area contributed by atoms with Gasteiger partial charge in [-0.1, -0.05) is 6.08 Å². The van der Waals surface area contributed by atoms with Crippen molar-refractivity contribution in [3.8, 4) is 0 Å². The predicted molar refractivity (Wildman–Crippen MR) is 59.6 cm³/mol. The Bertz CT molecular complexity index is 217. The first-order valence-corrected chi connectivity index (χ1v) is 5.34. The number of amides is 1. The van der Waals surface area contributed by atoms with Gasteiger partial charge in [0.05, 0.1) is 12.0 Å². The van der Waals surface area contributed by atoms with Crippen molar-refractivity contribution in [1.29, 1.82) is 0 Å². The first-order valence-electron chi connectivity index (χ1n) is 5.34. The molecular weight excluding hydrogens is 192 g/mol. The maximum absolute atomic E-state index is 12.0. The lowest BCUT2D eigenvalue weighted by atomic mass is 9.78. The Hall–Kier alpha value is -0.870. The molecule has 0 unspecified atom stereocenters. The van der Waals surface area contributed by atoms with E-state index in [0.29, 0.717) is 13.2 Å². The van der Waals surface area contributed by atoms with Crippen LogP contribution in [-0.4, -0.2) is 39.3 Å². The van der Waals surface area contributed by atoms with E-state index in [-0.39, 0.29) is 11.3 Å². The molecule has 0 atom stereocenters. The van der Waals surface area contributed by atoms with Crippen molar-refractivity contribution in [2.24, 2.45) is 5.41 Å². The number of piperidine rings is 1. The average Bonchev–Trinajstić information content (AvgIpc) is 2.27. The van der Waals surface area contributed by atoms with E-state index in [4.69, 9.17) is 4.74 Å². The molecule has 1 saturated heterocycles. The molecule has 0 aliphatic carbocycles. The van der Waals surface area contributed by atoms with E-state index in [9.17, 15) is 4.79 Å². The van der Waals surface area contributed by atoms with Crippen molar-refractivity contribution >= 4 is 5.91 Å². The van der Waals surface area contributed by atoms with Gasteiger partial charge < -0.3 is 15.4 Å². The van der Waals surface area contributed by atoms with Crippen LogP contribution < -0.4 is 10.6 Å². The smallest absolute Gasteiger partial charge is 0.228 e. The SMILES string of the molecule is C=CCNC(=O)C1(COC)CCNCC1. The highest BCUT2D eigenvalue weighted by Gasteiger charge is 2.39. The van der Waals surface area contributed by atoms with Crippen LogP contribution in [0.1, 0.15) is 12.8 Å². The van der Waals surface area contributed by atoms with Crippen LogP contribution in [0.4, 0.5) is 0 Å². The second-order valence-electron chi connectivity index (χ2n) is 3.96. The molecule has 4 nitrogen and oxygen atoms in total. The maximum atomic E-state index is 12.0. The number of hydrogen-bond donors (Lipinski definition) is 2. The molecule has 15 heavy (non-hydrogen) atoms. The normalized spacial score (nSPS) is 19.5. The van der Waals surface area contributed by atoms with E-state index >= 15 is 0 Å². The van der Waals surface area contributed by atoms with E-state index < -0.39 is 0 Å². The van der Waals surface area contributed by atoms with E-state index in [0.717, 1.165) is 25.9 Å². The second kappa shape index (κ2) is 5.88. The van der Waals surface area contributed by atoms with Crippen molar-refractivity contribution in [3.63, 3.8) is 0 Å². The fraction of sp³-hybridized carbons (Fsp3) is 0.727. The zero-order valence-electron chi connectivity index (χ0n) is 9.34. The third-order valence-corrected chi connectivity index (χ3v) is 2.87. The first kappa shape index (κ1) is 12.2. The van der Waals surface area contributed by atoms with E-state index in [1.807, 2.05) is 0 Å². The Morgan fingerprint density at radius 1 is 1.60 bits per heavy atom. The Balaban J connectivity index is 2.61. The van der Waals surface area contributed by atoms with Gasteiger partial charge in [0.1, 0.15) is 0 Å². The summed E-state index contributed by atoms with van der Waals surface area (Å²) < 4.78 is 5.17. The molecule has 1 aliphatic rings. The lowest BCUT2D eigenvalue weighted by Crippen LogP contribution is -2.50. The van der Waals surface area contributed by atoms with Crippen molar-refractivity contribution in [2.75, 3.05) is 33.4 Å². The second-order valence-corrected chi connectivity index (χ2v) is 3.96. The number of rotatable bonds is 5. The summed E-state index contributed by atoms with van der Waals surface area (Å²) in [6.45, 7) is 6.37. The summed E-state index contributed by atoms with van der Waals surface area (Å²) in [5.41, 5.74) is -0.344. The highest BCUT2D eigenvalue weighted by Crippen LogP contribution is 2.29. The molecule has 0 aromatic rings. The molecule has 2 N–H and O–H groups in total. The van der Waals surface area contributed by atoms with Gasteiger partial charge in [-0.2, -0.15) is 0 Å². The highest BCUT2D eigenvalue weighted by atomic mass is 16.5. The van der Waals surface area contributed by atoms with Crippen LogP contribution in [0, 0.1) is 5.41 Å². The van der Waals surface area contributed by atoms with Crippen LogP contribution in [0.15, 0.2) is 12.7 Å². The van der Waals surface area contributed by atoms with Crippen molar-refractivity contribution < 1.29 is 9.53 Å². The Morgan fingerprint density at radius 3 is 2.80 bits per heavy atom. The van der Waals surface area contributed by atoms with Crippen LogP contribution in [0.5, 0.6) is 0 Å². The van der Waals surface area contributed by atoms with Crippen LogP contribution in [0.2, 0.25) is 0 Å². The van der Waals surface area contributed by atoms with Crippen LogP contribution >= 0.6 is 0 Å². The molecule has 1 rings (SSSR count). The maximum Gasteiger partial charge on any atom is 0.228 e. The lowest BCUT2D eigenvalue weighted by molar-refractivity contribution is -0.135. The van der Waals surface area contributed by atoms with Crippen LogP contribution in [0.3, 0.4) is 0 Å². The minimum absolute atomic E-state index is 0.0887. The molecule has 0 bridgehead atoms. The van der Waals surface area contributed by atoms with Gasteiger partial charge in [-0.15, -0.1) is 6.58 Å². The fourth-order valence-electron chi connectivity index (χ4n) is 1.97. The molecule has 4 heteroatoms. The largest absolute Gasteiger partial charge is 0.384 e. The fourth-order valence-corrected chi connectivity index (χ4v) is 1.97. The van der Waals surface area contributed by atoms with Crippen molar-refractivity contribution in [1.82, 2.24) is 10.6 Å². The number of nitrogens with one attached hydrogen (secondary N) is 2. The summed E-state index contributed by atoms with van der Waals surface area (Å²) in [6.07, 6.45) is 3.37. The Kier molecular flexibility index (Phi) is 4.78. The Morgan fingerprint density at radius 2 is 2.27 bits per heavy atom. The molecule has 1 aliphatic heterocycles. The quantitative estimate of drug-likeness (QED) is 0.645. The number of methoxy groups -OCH3 is 1. The van der Waals surface area contributed by atoms with Crippen molar-refractivity contribution in [2.45, 2.75) is 12.8 Å². The summed E-state index contributed by atoms with van der Waals surface area (Å²) in [4.78, 5) is 12.0. The summed E-state index contributed by atoms with van der Waals surface area (Å²) >= 11 is 0. The van der Waals surface area contributed by atoms with Gasteiger partial charge in [0.15, 0.2) is 0 Å². The molecule has 0 radical (unpaired) electrons. The third kappa shape index (κ3) is 3.04. The molecule has 0 saturated carbocycles. The molecule has 0 aromatic heterocycles. The zero-order chi connectivity index (χ0) is 11.1. The number of ether oxygens (including phenoxy) is 1. The number of carbonyl (C=O) groups excluding carboxylic acids is 1. The monoisotopic (exact) mass is 212 g/mol. The van der Waals surface area contributed by atoms with Gasteiger partial charge in [0, 0.05) is 13.7 Å². The molecule has 1 fully saturated rings. The van der Waals surface area contributed by atoms with Gasteiger partial charge >= 0.3 is 0 Å². The van der Waals surface area contributed by atoms with Crippen LogP contribution in [0.25, 0.3) is 0 Å². The standard InChI is InChI=1S/C11H20N2O2/c1-3-6-13-10(14)11(9-15-2)4-7-12-8-5-11/h3,12H,1,4-9H2,2H3,(H,13,14). The summed E-state index contributed by atoms with van der Waals surface area (Å²) in [5.74, 6) is 0.0887. The zero-order valence-corrected chi connectivity index (χ0v) is 9.34. The molecular formula is C11H20N2O2. The minimum Gasteiger partial charge on any atom is -0.384 e. The minimum atomic E-state index is -0.344. The molecule has 86 valence electrons. The Labute approximate surface area is 91.1 Å². The van der Waals surface area contributed by atoms with Gasteiger partial charge in [-0.3, -0.25) is 4.79 Å². The van der Waals surface area contributed by atoms with Gasteiger partial charge in [0.2, 0.25) is 5.91 Å². The van der Waals surface area contributed by atoms with Crippen molar-refractivity contribution in [3.05, 3.63) is 12.7 Å². The van der Waals surface area contributed by atoms with Gasteiger partial charge in [-0.05, 0) is 25.9 Å². The van der Waals surface area contributed by atoms with Gasteiger partial charge in [0.25, 0.3) is 0 Å². The topological polar surface area (TPSA) is 50.4 Å². The van der Waals surface area contributed by atoms with E-state index in [1.165, 1.54) is 0 Å². The number of carbonyl (C=O) groups is 1. The highest BCUT2D eigenvalue weighted by molar-refractivity contribution is 5.83. The molecule has 1 amide bonds. The molecule has 0 spiro atoms. The predicted octanol–water partition coefficient (Wildman–Crippen LogP) is 0.305. The molecule has 1 heterocycles. The summed E-state index contributed by atoms with van der Waals surface area (Å²) in [5, 5.41) is 6.12. The van der Waals surface area contributed by atoms with Crippen LogP contribution in [-0.2, 0) is 9.53 Å². The third-order valence-electron chi connectivity index (χ3n) is 2.87. The first-order chi connectivity index (χ1) is 7.25. The summed E-state index contributed by atoms with van der Waals surface area (Å²) in [7, 11) is 1.64. The summed E-state index contributed by atoms with van der Waals surface area (Å²) in [6, 6.07) is 0.